The van der Waals surface area contributed by atoms with E-state index in [1.54, 1.807) is 42.2 Å². The molecule has 4 rings (SSSR count). The molecule has 3 atom stereocenters. The standard InChI is InChI=1S/C30H35ClN2O6/c1-20(8-7-11-27(35)33-18-22-10-4-3-9-21(22)16-24(33)19-34)30(38)25-17-23(31)13-14-26(25)32(29(30)37)15-6-5-12-28(36)39-2/h3-4,7-10,13-14,17,20,24,34,38H,5-6,11-12,15-16,18-19H2,1-2H3/b8-7+/t20-,24-,30+/m0/s1. The molecule has 208 valence electrons. The molecule has 8 nitrogen and oxygen atoms in total. The number of fused-ring (bicyclic) bond motifs is 2. The lowest BCUT2D eigenvalue weighted by Gasteiger charge is -2.36. The van der Waals surface area contributed by atoms with Gasteiger partial charge in [-0.15, -0.1) is 0 Å². The lowest BCUT2D eigenvalue weighted by Crippen LogP contribution is -2.46. The fraction of sp³-hybridized carbons (Fsp3) is 0.433. The summed E-state index contributed by atoms with van der Waals surface area (Å²) >= 11 is 6.24. The second-order valence-corrected chi connectivity index (χ2v) is 10.6. The topological polar surface area (TPSA) is 107 Å². The molecule has 0 aliphatic carbocycles. The highest BCUT2D eigenvalue weighted by molar-refractivity contribution is 6.31. The van der Waals surface area contributed by atoms with Gasteiger partial charge in [-0.2, -0.15) is 0 Å². The molecule has 0 radical (unpaired) electrons. The molecule has 2 amide bonds. The minimum Gasteiger partial charge on any atom is -0.469 e. The maximum atomic E-state index is 13.6. The van der Waals surface area contributed by atoms with Crippen molar-refractivity contribution >= 4 is 35.1 Å². The van der Waals surface area contributed by atoms with Gasteiger partial charge in [0.05, 0.1) is 25.4 Å². The van der Waals surface area contributed by atoms with Crippen molar-refractivity contribution in [3.8, 4) is 0 Å². The predicted molar refractivity (Wildman–Crippen MR) is 148 cm³/mol. The number of carbonyl (C=O) groups excluding carboxylic acids is 3. The number of aliphatic hydroxyl groups is 2. The van der Waals surface area contributed by atoms with E-state index in [2.05, 4.69) is 4.74 Å². The monoisotopic (exact) mass is 554 g/mol. The van der Waals surface area contributed by atoms with Crippen molar-refractivity contribution in [1.82, 2.24) is 4.90 Å². The molecular weight excluding hydrogens is 520 g/mol. The van der Waals surface area contributed by atoms with Gasteiger partial charge < -0.3 is 24.7 Å². The first-order valence-electron chi connectivity index (χ1n) is 13.3. The highest BCUT2D eigenvalue weighted by Gasteiger charge is 2.52. The van der Waals surface area contributed by atoms with Gasteiger partial charge in [0.15, 0.2) is 5.60 Å². The van der Waals surface area contributed by atoms with Gasteiger partial charge in [0, 0.05) is 42.4 Å². The van der Waals surface area contributed by atoms with E-state index in [1.807, 2.05) is 24.3 Å². The second kappa shape index (κ2) is 12.3. The lowest BCUT2D eigenvalue weighted by atomic mass is 9.83. The summed E-state index contributed by atoms with van der Waals surface area (Å²) in [6.07, 6.45) is 5.40. The Bertz CT molecular complexity index is 1260. The number of methoxy groups -OCH3 is 1. The number of aliphatic hydroxyl groups excluding tert-OH is 1. The zero-order valence-corrected chi connectivity index (χ0v) is 23.1. The Hall–Kier alpha value is -3.20. The Morgan fingerprint density at radius 2 is 1.95 bits per heavy atom. The molecule has 2 N–H and O–H groups in total. The van der Waals surface area contributed by atoms with E-state index in [0.717, 1.165) is 11.1 Å². The van der Waals surface area contributed by atoms with Gasteiger partial charge in [0.25, 0.3) is 5.91 Å². The highest BCUT2D eigenvalue weighted by atomic mass is 35.5. The number of amides is 2. The number of carbonyl (C=O) groups is 3. The van der Waals surface area contributed by atoms with Crippen LogP contribution in [0.5, 0.6) is 0 Å². The van der Waals surface area contributed by atoms with Crippen molar-refractivity contribution in [2.24, 2.45) is 5.92 Å². The minimum absolute atomic E-state index is 0.0763. The van der Waals surface area contributed by atoms with Crippen LogP contribution < -0.4 is 4.90 Å². The third-order valence-electron chi connectivity index (χ3n) is 7.73. The van der Waals surface area contributed by atoms with E-state index in [9.17, 15) is 24.6 Å². The normalized spacial score (nSPS) is 21.2. The molecule has 2 aliphatic rings. The maximum absolute atomic E-state index is 13.6. The van der Waals surface area contributed by atoms with Crippen LogP contribution in [-0.2, 0) is 37.7 Å². The summed E-state index contributed by atoms with van der Waals surface area (Å²) < 4.78 is 4.68. The van der Waals surface area contributed by atoms with E-state index in [-0.39, 0.29) is 37.4 Å². The summed E-state index contributed by atoms with van der Waals surface area (Å²) in [5.41, 5.74) is 1.36. The van der Waals surface area contributed by atoms with Crippen molar-refractivity contribution in [3.05, 3.63) is 76.3 Å². The second-order valence-electron chi connectivity index (χ2n) is 10.2. The van der Waals surface area contributed by atoms with Crippen LogP contribution in [0, 0.1) is 5.92 Å². The number of rotatable bonds is 10. The van der Waals surface area contributed by atoms with Crippen molar-refractivity contribution < 1.29 is 29.3 Å². The number of unbranched alkanes of at least 4 members (excludes halogenated alkanes) is 1. The zero-order valence-electron chi connectivity index (χ0n) is 22.3. The fourth-order valence-corrected chi connectivity index (χ4v) is 5.63. The quantitative estimate of drug-likeness (QED) is 0.263. The molecule has 0 fully saturated rings. The molecule has 0 aromatic heterocycles. The Morgan fingerprint density at radius 1 is 1.21 bits per heavy atom. The Balaban J connectivity index is 1.46. The number of hydrogen-bond acceptors (Lipinski definition) is 6. The van der Waals surface area contributed by atoms with Gasteiger partial charge in [-0.3, -0.25) is 14.4 Å². The summed E-state index contributed by atoms with van der Waals surface area (Å²) in [7, 11) is 1.34. The SMILES string of the molecule is COC(=O)CCCCN1C(=O)[C@@](O)([C@@H](C)/C=C/CC(=O)N2Cc3ccccc3C[C@H]2CO)c2cc(Cl)ccc21. The zero-order chi connectivity index (χ0) is 28.2. The van der Waals surface area contributed by atoms with Gasteiger partial charge in [0.2, 0.25) is 5.91 Å². The maximum Gasteiger partial charge on any atom is 0.305 e. The van der Waals surface area contributed by atoms with Gasteiger partial charge >= 0.3 is 5.97 Å². The molecule has 2 heterocycles. The molecule has 2 aromatic carbocycles. The Kier molecular flexibility index (Phi) is 9.10. The Labute approximate surface area is 233 Å². The van der Waals surface area contributed by atoms with Crippen LogP contribution in [0.2, 0.25) is 5.02 Å². The number of hydrogen-bond donors (Lipinski definition) is 2. The average molecular weight is 555 g/mol. The number of nitrogens with zero attached hydrogens (tertiary/aromatic N) is 2. The number of anilines is 1. The van der Waals surface area contributed by atoms with Crippen LogP contribution in [0.1, 0.15) is 49.3 Å². The first kappa shape index (κ1) is 28.8. The highest BCUT2D eigenvalue weighted by Crippen LogP contribution is 2.46. The number of benzene rings is 2. The van der Waals surface area contributed by atoms with Crippen molar-refractivity contribution in [2.75, 3.05) is 25.2 Å². The first-order valence-corrected chi connectivity index (χ1v) is 13.6. The van der Waals surface area contributed by atoms with Gasteiger partial charge in [0.1, 0.15) is 0 Å². The van der Waals surface area contributed by atoms with Crippen LogP contribution >= 0.6 is 11.6 Å². The van der Waals surface area contributed by atoms with E-state index < -0.39 is 17.4 Å². The van der Waals surface area contributed by atoms with Crippen LogP contribution in [0.25, 0.3) is 0 Å². The van der Waals surface area contributed by atoms with Crippen LogP contribution in [-0.4, -0.2) is 59.2 Å². The third-order valence-corrected chi connectivity index (χ3v) is 7.97. The average Bonchev–Trinajstić information content (AvgIpc) is 3.16. The first-order chi connectivity index (χ1) is 18.7. The van der Waals surface area contributed by atoms with Crippen molar-refractivity contribution in [2.45, 2.75) is 57.2 Å². The largest absolute Gasteiger partial charge is 0.469 e. The van der Waals surface area contributed by atoms with E-state index >= 15 is 0 Å². The van der Waals surface area contributed by atoms with E-state index in [1.165, 1.54) is 12.0 Å². The van der Waals surface area contributed by atoms with E-state index in [4.69, 9.17) is 11.6 Å². The van der Waals surface area contributed by atoms with Crippen LogP contribution in [0.15, 0.2) is 54.6 Å². The summed E-state index contributed by atoms with van der Waals surface area (Å²) in [5.74, 6) is -1.55. The van der Waals surface area contributed by atoms with Crippen LogP contribution in [0.4, 0.5) is 5.69 Å². The summed E-state index contributed by atoms with van der Waals surface area (Å²) in [6, 6.07) is 12.6. The van der Waals surface area contributed by atoms with Crippen LogP contribution in [0.3, 0.4) is 0 Å². The summed E-state index contributed by atoms with van der Waals surface area (Å²) in [5, 5.41) is 22.1. The smallest absolute Gasteiger partial charge is 0.305 e. The molecule has 2 aliphatic heterocycles. The molecule has 9 heteroatoms. The summed E-state index contributed by atoms with van der Waals surface area (Å²) in [6.45, 7) is 2.38. The molecule has 0 saturated heterocycles. The third kappa shape index (κ3) is 5.88. The molecule has 0 spiro atoms. The molecular formula is C30H35ClN2O6. The van der Waals surface area contributed by atoms with E-state index in [0.29, 0.717) is 48.6 Å². The Morgan fingerprint density at radius 3 is 2.67 bits per heavy atom. The predicted octanol–water partition coefficient (Wildman–Crippen LogP) is 3.75. The summed E-state index contributed by atoms with van der Waals surface area (Å²) in [4.78, 5) is 41.3. The molecule has 0 unspecified atom stereocenters. The fourth-order valence-electron chi connectivity index (χ4n) is 5.45. The molecule has 39 heavy (non-hydrogen) atoms. The van der Waals surface area contributed by atoms with Crippen molar-refractivity contribution in [1.29, 1.82) is 0 Å². The van der Waals surface area contributed by atoms with Gasteiger partial charge in [-0.1, -0.05) is 54.9 Å². The minimum atomic E-state index is -1.85. The molecule has 0 saturated carbocycles. The lowest BCUT2D eigenvalue weighted by molar-refractivity contribution is -0.140. The number of esters is 1. The van der Waals surface area contributed by atoms with Gasteiger partial charge in [-0.05, 0) is 48.6 Å². The van der Waals surface area contributed by atoms with Gasteiger partial charge in [-0.25, -0.2) is 0 Å². The van der Waals surface area contributed by atoms with Crippen molar-refractivity contribution in [3.63, 3.8) is 0 Å². The molecule has 2 aromatic rings. The number of halogens is 1. The number of ether oxygens (including phenoxy) is 1. The molecule has 0 bridgehead atoms.